The lowest BCUT2D eigenvalue weighted by molar-refractivity contribution is -0.160. The van der Waals surface area contributed by atoms with Crippen molar-refractivity contribution in [2.75, 3.05) is 11.5 Å². The molecule has 0 aliphatic heterocycles. The smallest absolute Gasteiger partial charge is 0.336 e. The molecule has 2 atom stereocenters. The number of carbonyl (C=O) groups excluding carboxylic acids is 1. The summed E-state index contributed by atoms with van der Waals surface area (Å²) in [5, 5.41) is 12.8. The summed E-state index contributed by atoms with van der Waals surface area (Å²) in [6.45, 7) is 0. The average Bonchev–Trinajstić information content (AvgIpc) is 3.36. The zero-order valence-corrected chi connectivity index (χ0v) is 16.3. The lowest BCUT2D eigenvalue weighted by Crippen LogP contribution is -2.54. The second-order valence-electron chi connectivity index (χ2n) is 7.10. The highest BCUT2D eigenvalue weighted by Crippen LogP contribution is 2.36. The van der Waals surface area contributed by atoms with Gasteiger partial charge >= 0.3 is 12.4 Å². The minimum Gasteiger partial charge on any atom is -0.336 e. The fourth-order valence-corrected chi connectivity index (χ4v) is 4.08. The standard InChI is InChI=1S/C17H16F7N3O3S/c18-11-3-1-10(2-4-11)13(17(22,23)24)26-12(7-31(29,30)9-16(19,20)21)14(28)27-15(8-25)5-6-15/h1-4,12-13,26H,5-7,9H2,(H,27,28)/t12-,13-/m0/s1. The Balaban J connectivity index is 2.36. The molecule has 14 heteroatoms. The minimum atomic E-state index is -5.18. The van der Waals surface area contributed by atoms with Crippen molar-refractivity contribution in [3.05, 3.63) is 35.6 Å². The lowest BCUT2D eigenvalue weighted by Gasteiger charge is -2.28. The van der Waals surface area contributed by atoms with Gasteiger partial charge in [-0.3, -0.25) is 10.1 Å². The molecule has 172 valence electrons. The topological polar surface area (TPSA) is 99.1 Å². The van der Waals surface area contributed by atoms with Crippen molar-refractivity contribution < 1.29 is 43.9 Å². The number of hydrogen-bond acceptors (Lipinski definition) is 5. The maximum atomic E-state index is 13.6. The summed E-state index contributed by atoms with van der Waals surface area (Å²) in [5.41, 5.74) is -2.00. The number of rotatable bonds is 8. The zero-order valence-electron chi connectivity index (χ0n) is 15.5. The Morgan fingerprint density at radius 3 is 2.10 bits per heavy atom. The Morgan fingerprint density at radius 2 is 1.68 bits per heavy atom. The van der Waals surface area contributed by atoms with E-state index in [4.69, 9.17) is 5.26 Å². The third kappa shape index (κ3) is 7.35. The summed E-state index contributed by atoms with van der Waals surface area (Å²) in [4.78, 5) is 12.5. The van der Waals surface area contributed by atoms with Crippen LogP contribution in [-0.4, -0.2) is 49.8 Å². The van der Waals surface area contributed by atoms with Crippen molar-refractivity contribution >= 4 is 15.7 Å². The fraction of sp³-hybridized carbons (Fsp3) is 0.529. The molecule has 0 radical (unpaired) electrons. The first-order chi connectivity index (χ1) is 14.1. The molecule has 0 heterocycles. The van der Waals surface area contributed by atoms with Crippen LogP contribution in [0.15, 0.2) is 24.3 Å². The van der Waals surface area contributed by atoms with Gasteiger partial charge in [-0.15, -0.1) is 0 Å². The first-order valence-electron chi connectivity index (χ1n) is 8.64. The number of nitrogens with one attached hydrogen (secondary N) is 2. The fourth-order valence-electron chi connectivity index (χ4n) is 2.71. The van der Waals surface area contributed by atoms with E-state index in [9.17, 15) is 43.9 Å². The molecular formula is C17H16F7N3O3S. The van der Waals surface area contributed by atoms with Gasteiger partial charge in [0, 0.05) is 0 Å². The number of nitrogens with zero attached hydrogens (tertiary/aromatic N) is 1. The first kappa shape index (κ1) is 24.9. The molecule has 0 aromatic heterocycles. The van der Waals surface area contributed by atoms with Crippen LogP contribution in [0.2, 0.25) is 0 Å². The van der Waals surface area contributed by atoms with E-state index in [0.717, 1.165) is 12.1 Å². The van der Waals surface area contributed by atoms with Crippen LogP contribution in [0.25, 0.3) is 0 Å². The summed E-state index contributed by atoms with van der Waals surface area (Å²) < 4.78 is 115. The van der Waals surface area contributed by atoms with Crippen molar-refractivity contribution in [1.82, 2.24) is 10.6 Å². The number of halogens is 7. The van der Waals surface area contributed by atoms with E-state index in [1.165, 1.54) is 0 Å². The van der Waals surface area contributed by atoms with Crippen LogP contribution in [-0.2, 0) is 14.6 Å². The number of amides is 1. The zero-order chi connectivity index (χ0) is 23.7. The summed E-state index contributed by atoms with van der Waals surface area (Å²) in [6, 6.07) is -0.397. The predicted octanol–water partition coefficient (Wildman–Crippen LogP) is 2.54. The third-order valence-corrected chi connectivity index (χ3v) is 5.95. The SMILES string of the molecule is N#CC1(NC(=O)[C@H](CS(=O)(=O)CC(F)(F)F)N[C@@H](c2ccc(F)cc2)C(F)(F)F)CC1. The molecular weight excluding hydrogens is 459 g/mol. The van der Waals surface area contributed by atoms with Gasteiger partial charge in [-0.25, -0.2) is 12.8 Å². The van der Waals surface area contributed by atoms with E-state index >= 15 is 0 Å². The second-order valence-corrected chi connectivity index (χ2v) is 9.21. The van der Waals surface area contributed by atoms with E-state index < -0.39 is 68.6 Å². The van der Waals surface area contributed by atoms with Crippen molar-refractivity contribution in [3.8, 4) is 6.07 Å². The van der Waals surface area contributed by atoms with Gasteiger partial charge in [0.15, 0.2) is 9.84 Å². The summed E-state index contributed by atoms with van der Waals surface area (Å²) >= 11 is 0. The number of hydrogen-bond donors (Lipinski definition) is 2. The van der Waals surface area contributed by atoms with Gasteiger partial charge in [-0.2, -0.15) is 31.6 Å². The molecule has 1 saturated carbocycles. The molecule has 1 aliphatic rings. The van der Waals surface area contributed by atoms with Gasteiger partial charge in [0.05, 0.1) is 11.8 Å². The lowest BCUT2D eigenvalue weighted by atomic mass is 10.0. The number of benzene rings is 1. The molecule has 0 saturated heterocycles. The minimum absolute atomic E-state index is 0.151. The van der Waals surface area contributed by atoms with Crippen molar-refractivity contribution in [3.63, 3.8) is 0 Å². The van der Waals surface area contributed by atoms with Gasteiger partial charge in [-0.05, 0) is 30.5 Å². The normalized spacial score (nSPS) is 18.0. The van der Waals surface area contributed by atoms with E-state index in [0.29, 0.717) is 12.1 Å². The van der Waals surface area contributed by atoms with E-state index in [2.05, 4.69) is 5.32 Å². The molecule has 2 N–H and O–H groups in total. The van der Waals surface area contributed by atoms with E-state index in [1.54, 1.807) is 11.4 Å². The molecule has 1 amide bonds. The van der Waals surface area contributed by atoms with Gasteiger partial charge in [0.1, 0.15) is 29.2 Å². The van der Waals surface area contributed by atoms with Crippen LogP contribution in [0, 0.1) is 17.1 Å². The monoisotopic (exact) mass is 475 g/mol. The van der Waals surface area contributed by atoms with Crippen LogP contribution >= 0.6 is 0 Å². The van der Waals surface area contributed by atoms with Crippen LogP contribution in [0.3, 0.4) is 0 Å². The molecule has 1 aromatic carbocycles. The summed E-state index contributed by atoms with van der Waals surface area (Å²) in [5.74, 6) is -6.19. The number of nitriles is 1. The Hall–Kier alpha value is -2.40. The largest absolute Gasteiger partial charge is 0.407 e. The Bertz CT molecular complexity index is 949. The van der Waals surface area contributed by atoms with Gasteiger partial charge in [-0.1, -0.05) is 12.1 Å². The Labute approximate surface area is 172 Å². The number of sulfone groups is 1. The molecule has 1 aliphatic carbocycles. The molecule has 31 heavy (non-hydrogen) atoms. The van der Waals surface area contributed by atoms with Crippen LogP contribution in [0.5, 0.6) is 0 Å². The van der Waals surface area contributed by atoms with E-state index in [1.807, 2.05) is 0 Å². The van der Waals surface area contributed by atoms with Gasteiger partial charge < -0.3 is 5.32 Å². The maximum Gasteiger partial charge on any atom is 0.407 e. The highest BCUT2D eigenvalue weighted by Gasteiger charge is 2.48. The second kappa shape index (κ2) is 8.62. The third-order valence-electron chi connectivity index (χ3n) is 4.35. The molecule has 1 fully saturated rings. The van der Waals surface area contributed by atoms with Crippen LogP contribution < -0.4 is 10.6 Å². The Morgan fingerprint density at radius 1 is 1.13 bits per heavy atom. The quantitative estimate of drug-likeness (QED) is 0.563. The van der Waals surface area contributed by atoms with Crippen molar-refractivity contribution in [2.24, 2.45) is 0 Å². The molecule has 0 unspecified atom stereocenters. The highest BCUT2D eigenvalue weighted by atomic mass is 32.2. The summed E-state index contributed by atoms with van der Waals surface area (Å²) in [7, 11) is -5.06. The highest BCUT2D eigenvalue weighted by molar-refractivity contribution is 7.91. The van der Waals surface area contributed by atoms with Crippen molar-refractivity contribution in [1.29, 1.82) is 5.26 Å². The van der Waals surface area contributed by atoms with Crippen LogP contribution in [0.1, 0.15) is 24.4 Å². The van der Waals surface area contributed by atoms with Gasteiger partial charge in [0.2, 0.25) is 5.91 Å². The number of alkyl halides is 6. The Kier molecular flexibility index (Phi) is 6.91. The maximum absolute atomic E-state index is 13.6. The predicted molar refractivity (Wildman–Crippen MR) is 92.5 cm³/mol. The molecule has 0 spiro atoms. The molecule has 0 bridgehead atoms. The van der Waals surface area contributed by atoms with Gasteiger partial charge in [0.25, 0.3) is 0 Å². The van der Waals surface area contributed by atoms with Crippen molar-refractivity contribution in [2.45, 2.75) is 42.8 Å². The van der Waals surface area contributed by atoms with E-state index in [-0.39, 0.29) is 12.8 Å². The van der Waals surface area contributed by atoms with Crippen LogP contribution in [0.4, 0.5) is 30.7 Å². The average molecular weight is 475 g/mol. The molecule has 2 rings (SSSR count). The molecule has 6 nitrogen and oxygen atoms in total. The molecule has 1 aromatic rings. The number of carbonyl (C=O) groups is 1. The summed E-state index contributed by atoms with van der Waals surface area (Å²) in [6.07, 6.45) is -9.99. The first-order valence-corrected chi connectivity index (χ1v) is 10.5.